The van der Waals surface area contributed by atoms with Crippen molar-refractivity contribution in [3.05, 3.63) is 5.92 Å². The number of aliphatic hydroxyl groups excluding tert-OH is 1. The summed E-state index contributed by atoms with van der Waals surface area (Å²) in [4.78, 5) is 0. The number of rotatable bonds is 7. The molecular formula is C8H17O3. The second-order valence-electron chi connectivity index (χ2n) is 2.60. The molecule has 0 atom stereocenters. The summed E-state index contributed by atoms with van der Waals surface area (Å²) in [5, 5.41) is 8.34. The number of ether oxygens (including phenoxy) is 2. The van der Waals surface area contributed by atoms with E-state index in [2.05, 4.69) is 0 Å². The van der Waals surface area contributed by atoms with Crippen LogP contribution in [0.4, 0.5) is 0 Å². The molecule has 3 nitrogen and oxygen atoms in total. The van der Waals surface area contributed by atoms with Crippen LogP contribution in [0.2, 0.25) is 0 Å². The number of aliphatic hydroxyl groups is 1. The average Bonchev–Trinajstić information content (AvgIpc) is 1.96. The molecule has 0 aromatic heterocycles. The van der Waals surface area contributed by atoms with Crippen LogP contribution in [0.1, 0.15) is 13.8 Å². The van der Waals surface area contributed by atoms with Gasteiger partial charge >= 0.3 is 0 Å². The van der Waals surface area contributed by atoms with Crippen LogP contribution in [0.25, 0.3) is 0 Å². The maximum atomic E-state index is 8.34. The fourth-order valence-electron chi connectivity index (χ4n) is 0.561. The van der Waals surface area contributed by atoms with E-state index in [-0.39, 0.29) is 6.61 Å². The lowest BCUT2D eigenvalue weighted by Gasteiger charge is -2.05. The molecule has 0 heterocycles. The molecule has 1 radical (unpaired) electrons. The van der Waals surface area contributed by atoms with Gasteiger partial charge in [-0.1, -0.05) is 13.8 Å². The first-order valence-corrected chi connectivity index (χ1v) is 3.82. The van der Waals surface area contributed by atoms with Gasteiger partial charge in [0, 0.05) is 0 Å². The van der Waals surface area contributed by atoms with Crippen molar-refractivity contribution >= 4 is 0 Å². The van der Waals surface area contributed by atoms with Crippen molar-refractivity contribution in [3.8, 4) is 0 Å². The Morgan fingerprint density at radius 3 is 2.27 bits per heavy atom. The smallest absolute Gasteiger partial charge is 0.0701 e. The van der Waals surface area contributed by atoms with Crippen LogP contribution in [-0.4, -0.2) is 38.1 Å². The van der Waals surface area contributed by atoms with E-state index in [1.54, 1.807) is 0 Å². The lowest BCUT2D eigenvalue weighted by atomic mass is 10.2. The molecule has 0 aliphatic heterocycles. The summed E-state index contributed by atoms with van der Waals surface area (Å²) in [7, 11) is 0. The van der Waals surface area contributed by atoms with E-state index < -0.39 is 0 Å². The van der Waals surface area contributed by atoms with Crippen LogP contribution in [0.15, 0.2) is 0 Å². The molecule has 1 N–H and O–H groups in total. The fraction of sp³-hybridized carbons (Fsp3) is 0.875. The Kier molecular flexibility index (Phi) is 7.89. The van der Waals surface area contributed by atoms with Crippen molar-refractivity contribution in [2.75, 3.05) is 33.0 Å². The van der Waals surface area contributed by atoms with Crippen LogP contribution in [0.5, 0.6) is 0 Å². The minimum atomic E-state index is 0.0823. The van der Waals surface area contributed by atoms with E-state index in [4.69, 9.17) is 14.6 Å². The normalized spacial score (nSPS) is 10.9. The first-order chi connectivity index (χ1) is 5.27. The van der Waals surface area contributed by atoms with Gasteiger partial charge in [0.15, 0.2) is 0 Å². The molecule has 0 aliphatic carbocycles. The van der Waals surface area contributed by atoms with Gasteiger partial charge in [-0.05, 0) is 5.92 Å². The summed E-state index contributed by atoms with van der Waals surface area (Å²) >= 11 is 0. The zero-order valence-corrected chi connectivity index (χ0v) is 7.30. The molecule has 0 rings (SSSR count). The van der Waals surface area contributed by atoms with Crippen LogP contribution in [0, 0.1) is 5.92 Å². The average molecular weight is 161 g/mol. The molecule has 0 bridgehead atoms. The quantitative estimate of drug-likeness (QED) is 0.556. The highest BCUT2D eigenvalue weighted by Gasteiger charge is 1.93. The Hall–Kier alpha value is -0.120. The third-order valence-electron chi connectivity index (χ3n) is 0.998. The summed E-state index contributed by atoms with van der Waals surface area (Å²) in [6, 6.07) is 0. The summed E-state index contributed by atoms with van der Waals surface area (Å²) in [5.74, 6) is 1.26. The largest absolute Gasteiger partial charge is 0.394 e. The Labute approximate surface area is 68.3 Å². The van der Waals surface area contributed by atoms with Gasteiger partial charge in [0.25, 0.3) is 0 Å². The van der Waals surface area contributed by atoms with Gasteiger partial charge in [-0.2, -0.15) is 0 Å². The maximum Gasteiger partial charge on any atom is 0.0701 e. The first kappa shape index (κ1) is 10.9. The van der Waals surface area contributed by atoms with Gasteiger partial charge in [0.1, 0.15) is 0 Å². The number of hydrogen-bond donors (Lipinski definition) is 1. The molecule has 0 amide bonds. The van der Waals surface area contributed by atoms with E-state index in [9.17, 15) is 0 Å². The Morgan fingerprint density at radius 1 is 1.09 bits per heavy atom. The van der Waals surface area contributed by atoms with E-state index >= 15 is 0 Å². The van der Waals surface area contributed by atoms with E-state index in [1.807, 2.05) is 13.8 Å². The van der Waals surface area contributed by atoms with Gasteiger partial charge in [0.05, 0.1) is 33.0 Å². The fourth-order valence-corrected chi connectivity index (χ4v) is 0.561. The topological polar surface area (TPSA) is 38.7 Å². The SMILES string of the molecule is C[C](C)COCCOCCO. The molecule has 0 fully saturated rings. The maximum absolute atomic E-state index is 8.34. The van der Waals surface area contributed by atoms with E-state index in [0.29, 0.717) is 26.4 Å². The van der Waals surface area contributed by atoms with E-state index in [1.165, 1.54) is 5.92 Å². The Balaban J connectivity index is 2.80. The molecule has 0 aromatic carbocycles. The summed E-state index contributed by atoms with van der Waals surface area (Å²) in [6.45, 7) is 6.39. The van der Waals surface area contributed by atoms with Crippen molar-refractivity contribution in [1.29, 1.82) is 0 Å². The van der Waals surface area contributed by atoms with Crippen LogP contribution in [-0.2, 0) is 9.47 Å². The molecule has 0 aromatic rings. The van der Waals surface area contributed by atoms with Crippen LogP contribution < -0.4 is 0 Å². The lowest BCUT2D eigenvalue weighted by Crippen LogP contribution is -2.09. The molecule has 67 valence electrons. The predicted octanol–water partition coefficient (Wildman–Crippen LogP) is 0.626. The third kappa shape index (κ3) is 9.88. The molecule has 3 heteroatoms. The highest BCUT2D eigenvalue weighted by Crippen LogP contribution is 1.94. The highest BCUT2D eigenvalue weighted by atomic mass is 16.5. The monoisotopic (exact) mass is 161 g/mol. The van der Waals surface area contributed by atoms with Crippen molar-refractivity contribution in [2.24, 2.45) is 0 Å². The minimum Gasteiger partial charge on any atom is -0.394 e. The van der Waals surface area contributed by atoms with Gasteiger partial charge < -0.3 is 14.6 Å². The van der Waals surface area contributed by atoms with Gasteiger partial charge in [-0.15, -0.1) is 0 Å². The predicted molar refractivity (Wildman–Crippen MR) is 43.3 cm³/mol. The van der Waals surface area contributed by atoms with Gasteiger partial charge in [-0.25, -0.2) is 0 Å². The highest BCUT2D eigenvalue weighted by molar-refractivity contribution is 4.74. The molecule has 0 aliphatic rings. The van der Waals surface area contributed by atoms with E-state index in [0.717, 1.165) is 0 Å². The number of hydrogen-bond acceptors (Lipinski definition) is 3. The summed E-state index contributed by atoms with van der Waals surface area (Å²) in [5.41, 5.74) is 0. The Morgan fingerprint density at radius 2 is 1.73 bits per heavy atom. The Bertz CT molecular complexity index is 73.7. The first-order valence-electron chi connectivity index (χ1n) is 3.82. The van der Waals surface area contributed by atoms with Crippen molar-refractivity contribution in [1.82, 2.24) is 0 Å². The van der Waals surface area contributed by atoms with Crippen LogP contribution >= 0.6 is 0 Å². The zero-order chi connectivity index (χ0) is 8.53. The van der Waals surface area contributed by atoms with Gasteiger partial charge in [-0.3, -0.25) is 0 Å². The zero-order valence-electron chi connectivity index (χ0n) is 7.30. The molecule has 0 unspecified atom stereocenters. The standard InChI is InChI=1S/C8H17O3/c1-8(2)7-11-6-5-10-4-3-9/h9H,3-7H2,1-2H3. The van der Waals surface area contributed by atoms with Crippen molar-refractivity contribution in [2.45, 2.75) is 13.8 Å². The minimum absolute atomic E-state index is 0.0823. The molecular weight excluding hydrogens is 144 g/mol. The van der Waals surface area contributed by atoms with Crippen LogP contribution in [0.3, 0.4) is 0 Å². The summed E-state index contributed by atoms with van der Waals surface area (Å²) < 4.78 is 10.2. The molecule has 0 spiro atoms. The lowest BCUT2D eigenvalue weighted by molar-refractivity contribution is 0.0365. The molecule has 0 saturated heterocycles. The molecule has 0 saturated carbocycles. The second kappa shape index (κ2) is 7.98. The third-order valence-corrected chi connectivity index (χ3v) is 0.998. The molecule has 11 heavy (non-hydrogen) atoms. The van der Waals surface area contributed by atoms with Gasteiger partial charge in [0.2, 0.25) is 0 Å². The second-order valence-corrected chi connectivity index (χ2v) is 2.60. The van der Waals surface area contributed by atoms with Crippen molar-refractivity contribution < 1.29 is 14.6 Å². The summed E-state index contributed by atoms with van der Waals surface area (Å²) in [6.07, 6.45) is 0. The van der Waals surface area contributed by atoms with Crippen molar-refractivity contribution in [3.63, 3.8) is 0 Å².